The molecule has 5 nitrogen and oxygen atoms in total. The Bertz CT molecular complexity index is 549. The topological polar surface area (TPSA) is 66.8 Å². The van der Waals surface area contributed by atoms with Gasteiger partial charge in [-0.25, -0.2) is 4.79 Å². The summed E-state index contributed by atoms with van der Waals surface area (Å²) in [7, 11) is 0. The van der Waals surface area contributed by atoms with Gasteiger partial charge in [0.2, 0.25) is 5.91 Å². The predicted octanol–water partition coefficient (Wildman–Crippen LogP) is 2.73. The van der Waals surface area contributed by atoms with Crippen LogP contribution in [-0.4, -0.2) is 40.6 Å². The van der Waals surface area contributed by atoms with Gasteiger partial charge >= 0.3 is 5.97 Å². The number of hydrogen-bond acceptors (Lipinski definition) is 3. The quantitative estimate of drug-likeness (QED) is 0.800. The minimum absolute atomic E-state index is 0.0854. The number of benzene rings is 1. The number of ether oxygens (including phenoxy) is 1. The molecule has 126 valence electrons. The molecule has 1 unspecified atom stereocenters. The van der Waals surface area contributed by atoms with Crippen LogP contribution in [0.5, 0.6) is 5.75 Å². The average Bonchev–Trinajstić information content (AvgIpc) is 3.31. The molecule has 23 heavy (non-hydrogen) atoms. The van der Waals surface area contributed by atoms with E-state index in [-0.39, 0.29) is 18.4 Å². The highest BCUT2D eigenvalue weighted by Crippen LogP contribution is 2.29. The first-order valence-corrected chi connectivity index (χ1v) is 8.14. The molecule has 1 aliphatic rings. The van der Waals surface area contributed by atoms with Crippen LogP contribution in [0.25, 0.3) is 0 Å². The van der Waals surface area contributed by atoms with Gasteiger partial charge in [-0.05, 0) is 43.4 Å². The van der Waals surface area contributed by atoms with Gasteiger partial charge in [-0.2, -0.15) is 0 Å². The molecule has 0 radical (unpaired) electrons. The van der Waals surface area contributed by atoms with Crippen molar-refractivity contribution in [1.29, 1.82) is 0 Å². The third-order valence-corrected chi connectivity index (χ3v) is 3.86. The van der Waals surface area contributed by atoms with Crippen molar-refractivity contribution in [2.45, 2.75) is 52.1 Å². The van der Waals surface area contributed by atoms with Gasteiger partial charge in [-0.3, -0.25) is 4.79 Å². The summed E-state index contributed by atoms with van der Waals surface area (Å²) in [6.45, 7) is 6.40. The van der Waals surface area contributed by atoms with E-state index >= 15 is 0 Å². The van der Waals surface area contributed by atoms with Gasteiger partial charge < -0.3 is 14.7 Å². The molecule has 1 aliphatic carbocycles. The summed E-state index contributed by atoms with van der Waals surface area (Å²) < 4.78 is 5.62. The smallest absolute Gasteiger partial charge is 0.326 e. The van der Waals surface area contributed by atoms with Crippen molar-refractivity contribution < 1.29 is 19.4 Å². The fraction of sp³-hybridized carbons (Fsp3) is 0.556. The van der Waals surface area contributed by atoms with Gasteiger partial charge in [0.05, 0.1) is 13.0 Å². The standard InChI is InChI=1S/C18H25NO4/c1-12(2)11-23-16-8-4-14(5-9-16)10-17(20)19(15-6-7-15)13(3)18(21)22/h4-5,8-9,12-13,15H,6-7,10-11H2,1-3H3,(H,21,22). The van der Waals surface area contributed by atoms with Crippen LogP contribution in [-0.2, 0) is 16.0 Å². The van der Waals surface area contributed by atoms with Crippen molar-refractivity contribution in [2.75, 3.05) is 6.61 Å². The summed E-state index contributed by atoms with van der Waals surface area (Å²) in [6, 6.07) is 6.75. The van der Waals surface area contributed by atoms with Crippen LogP contribution >= 0.6 is 0 Å². The number of carbonyl (C=O) groups excluding carboxylic acids is 1. The summed E-state index contributed by atoms with van der Waals surface area (Å²) in [5, 5.41) is 9.17. The summed E-state index contributed by atoms with van der Waals surface area (Å²) in [6.07, 6.45) is 2.01. The molecule has 0 spiro atoms. The molecular weight excluding hydrogens is 294 g/mol. The average molecular weight is 319 g/mol. The van der Waals surface area contributed by atoms with Crippen molar-refractivity contribution in [1.82, 2.24) is 4.90 Å². The van der Waals surface area contributed by atoms with E-state index in [1.165, 1.54) is 4.90 Å². The Kier molecular flexibility index (Phi) is 5.64. The minimum Gasteiger partial charge on any atom is -0.493 e. The second kappa shape index (κ2) is 7.49. The van der Waals surface area contributed by atoms with E-state index in [9.17, 15) is 14.7 Å². The lowest BCUT2D eigenvalue weighted by Gasteiger charge is -2.26. The van der Waals surface area contributed by atoms with Gasteiger partial charge in [0.15, 0.2) is 0 Å². The molecule has 1 fully saturated rings. The predicted molar refractivity (Wildman–Crippen MR) is 87.4 cm³/mol. The van der Waals surface area contributed by atoms with Crippen molar-refractivity contribution in [3.8, 4) is 5.75 Å². The van der Waals surface area contributed by atoms with Crippen molar-refractivity contribution >= 4 is 11.9 Å². The van der Waals surface area contributed by atoms with E-state index in [2.05, 4.69) is 13.8 Å². The molecule has 1 atom stereocenters. The molecule has 0 aliphatic heterocycles. The number of aliphatic carboxylic acids is 1. The lowest BCUT2D eigenvalue weighted by Crippen LogP contribution is -2.45. The first-order chi connectivity index (χ1) is 10.9. The molecule has 5 heteroatoms. The number of nitrogens with zero attached hydrogens (tertiary/aromatic N) is 1. The second-order valence-corrected chi connectivity index (χ2v) is 6.57. The fourth-order valence-electron chi connectivity index (χ4n) is 2.44. The van der Waals surface area contributed by atoms with Gasteiger partial charge in [-0.1, -0.05) is 26.0 Å². The number of carboxylic acids is 1. The molecular formula is C18H25NO4. The van der Waals surface area contributed by atoms with Crippen molar-refractivity contribution in [3.05, 3.63) is 29.8 Å². The SMILES string of the molecule is CC(C)COc1ccc(CC(=O)N(C2CC2)C(C)C(=O)O)cc1. The van der Waals surface area contributed by atoms with Crippen molar-refractivity contribution in [2.24, 2.45) is 5.92 Å². The van der Waals surface area contributed by atoms with E-state index in [0.29, 0.717) is 12.5 Å². The van der Waals surface area contributed by atoms with Gasteiger partial charge in [0.25, 0.3) is 0 Å². The minimum atomic E-state index is -0.956. The molecule has 1 saturated carbocycles. The molecule has 1 aromatic carbocycles. The summed E-state index contributed by atoms with van der Waals surface area (Å²) in [4.78, 5) is 25.2. The molecule has 1 N–H and O–H groups in total. The first kappa shape index (κ1) is 17.3. The first-order valence-electron chi connectivity index (χ1n) is 8.14. The molecule has 0 aromatic heterocycles. The molecule has 1 aromatic rings. The maximum absolute atomic E-state index is 12.5. The number of carboxylic acid groups (broad SMARTS) is 1. The zero-order valence-corrected chi connectivity index (χ0v) is 14.0. The van der Waals surface area contributed by atoms with Crippen LogP contribution in [0.2, 0.25) is 0 Å². The van der Waals surface area contributed by atoms with Crippen molar-refractivity contribution in [3.63, 3.8) is 0 Å². The van der Waals surface area contributed by atoms with Crippen LogP contribution in [0.3, 0.4) is 0 Å². The Hall–Kier alpha value is -2.04. The van der Waals surface area contributed by atoms with Crippen LogP contribution < -0.4 is 4.74 Å². The van der Waals surface area contributed by atoms with Gasteiger partial charge in [0.1, 0.15) is 11.8 Å². The fourth-order valence-corrected chi connectivity index (χ4v) is 2.44. The lowest BCUT2D eigenvalue weighted by atomic mass is 10.1. The monoisotopic (exact) mass is 319 g/mol. The zero-order valence-electron chi connectivity index (χ0n) is 14.0. The highest BCUT2D eigenvalue weighted by atomic mass is 16.5. The maximum Gasteiger partial charge on any atom is 0.326 e. The van der Waals surface area contributed by atoms with Crippen LogP contribution in [0, 0.1) is 5.92 Å². The Morgan fingerprint density at radius 2 is 1.83 bits per heavy atom. The van der Waals surface area contributed by atoms with E-state index in [0.717, 1.165) is 24.2 Å². The van der Waals surface area contributed by atoms with Gasteiger partial charge in [0, 0.05) is 6.04 Å². The normalized spacial score (nSPS) is 15.3. The molecule has 1 amide bonds. The number of carbonyl (C=O) groups is 2. The Morgan fingerprint density at radius 3 is 2.30 bits per heavy atom. The Morgan fingerprint density at radius 1 is 1.22 bits per heavy atom. The third kappa shape index (κ3) is 4.98. The van der Waals surface area contributed by atoms with Crippen LogP contribution in [0.4, 0.5) is 0 Å². The lowest BCUT2D eigenvalue weighted by molar-refractivity contribution is -0.149. The zero-order chi connectivity index (χ0) is 17.0. The summed E-state index contributed by atoms with van der Waals surface area (Å²) in [5.74, 6) is 0.162. The van der Waals surface area contributed by atoms with E-state index in [4.69, 9.17) is 4.74 Å². The molecule has 0 saturated heterocycles. The molecule has 0 bridgehead atoms. The number of amides is 1. The number of hydrogen-bond donors (Lipinski definition) is 1. The Labute approximate surface area is 137 Å². The maximum atomic E-state index is 12.5. The number of rotatable bonds is 8. The summed E-state index contributed by atoms with van der Waals surface area (Å²) >= 11 is 0. The second-order valence-electron chi connectivity index (χ2n) is 6.57. The summed E-state index contributed by atoms with van der Waals surface area (Å²) in [5.41, 5.74) is 0.870. The Balaban J connectivity index is 1.97. The highest BCUT2D eigenvalue weighted by Gasteiger charge is 2.38. The van der Waals surface area contributed by atoms with E-state index < -0.39 is 12.0 Å². The largest absolute Gasteiger partial charge is 0.493 e. The van der Waals surface area contributed by atoms with Crippen LogP contribution in [0.1, 0.15) is 39.2 Å². The third-order valence-electron chi connectivity index (χ3n) is 3.86. The van der Waals surface area contributed by atoms with E-state index in [1.807, 2.05) is 24.3 Å². The van der Waals surface area contributed by atoms with Crippen LogP contribution in [0.15, 0.2) is 24.3 Å². The molecule has 2 rings (SSSR count). The van der Waals surface area contributed by atoms with E-state index in [1.54, 1.807) is 6.92 Å². The highest BCUT2D eigenvalue weighted by molar-refractivity contribution is 5.85. The van der Waals surface area contributed by atoms with Gasteiger partial charge in [-0.15, -0.1) is 0 Å². The molecule has 0 heterocycles.